The van der Waals surface area contributed by atoms with Crippen molar-refractivity contribution in [3.8, 4) is 0 Å². The summed E-state index contributed by atoms with van der Waals surface area (Å²) in [6.45, 7) is 3.53. The van der Waals surface area contributed by atoms with Crippen molar-refractivity contribution >= 4 is 23.8 Å². The zero-order valence-corrected chi connectivity index (χ0v) is 11.7. The average Bonchev–Trinajstić information content (AvgIpc) is 2.85. The third-order valence-electron chi connectivity index (χ3n) is 2.46. The van der Waals surface area contributed by atoms with Gasteiger partial charge in [0.1, 0.15) is 0 Å². The number of thioether (sulfide) groups is 1. The Morgan fingerprint density at radius 1 is 1.53 bits per heavy atom. The highest BCUT2D eigenvalue weighted by Crippen LogP contribution is 2.02. The van der Waals surface area contributed by atoms with Crippen LogP contribution in [0.15, 0.2) is 12.5 Å². The van der Waals surface area contributed by atoms with Gasteiger partial charge in [-0.05, 0) is 6.26 Å². The highest BCUT2D eigenvalue weighted by atomic mass is 32.2. The summed E-state index contributed by atoms with van der Waals surface area (Å²) in [6, 6.07) is -0.223. The predicted octanol–water partition coefficient (Wildman–Crippen LogP) is 0.632. The van der Waals surface area contributed by atoms with Gasteiger partial charge in [0.2, 0.25) is 0 Å². The van der Waals surface area contributed by atoms with E-state index in [1.165, 1.54) is 12.5 Å². The maximum Gasteiger partial charge on any atom is 0.356 e. The first-order chi connectivity index (χ1) is 9.02. The van der Waals surface area contributed by atoms with Crippen LogP contribution in [-0.2, 0) is 6.54 Å². The number of carboxylic acids is 1. The Kier molecular flexibility index (Phi) is 6.20. The molecule has 3 N–H and O–H groups in total. The fourth-order valence-corrected chi connectivity index (χ4v) is 1.52. The normalized spacial score (nSPS) is 11.9. The van der Waals surface area contributed by atoms with Crippen LogP contribution >= 0.6 is 11.8 Å². The van der Waals surface area contributed by atoms with Crippen LogP contribution in [-0.4, -0.2) is 51.3 Å². The van der Waals surface area contributed by atoms with Gasteiger partial charge in [0.15, 0.2) is 5.69 Å². The number of carbonyl (C=O) groups excluding carboxylic acids is 1. The lowest BCUT2D eigenvalue weighted by atomic mass is 10.5. The summed E-state index contributed by atoms with van der Waals surface area (Å²) >= 11 is 1.68. The van der Waals surface area contributed by atoms with Crippen molar-refractivity contribution in [1.29, 1.82) is 0 Å². The zero-order valence-electron chi connectivity index (χ0n) is 10.9. The Bertz CT molecular complexity index is 435. The molecule has 2 amide bonds. The second-order valence-corrected chi connectivity index (χ2v) is 5.26. The molecule has 0 aliphatic carbocycles. The molecule has 1 atom stereocenters. The van der Waals surface area contributed by atoms with Gasteiger partial charge < -0.3 is 20.3 Å². The SMILES string of the molecule is CSC(C)CNC(=O)NCCn1cnc(C(=O)O)c1. The fraction of sp³-hybridized carbons (Fsp3) is 0.545. The van der Waals surface area contributed by atoms with Gasteiger partial charge in [-0.2, -0.15) is 11.8 Å². The number of carboxylic acid groups (broad SMARTS) is 1. The second kappa shape index (κ2) is 7.67. The molecule has 1 aromatic rings. The first kappa shape index (κ1) is 15.4. The van der Waals surface area contributed by atoms with Gasteiger partial charge in [-0.3, -0.25) is 0 Å². The van der Waals surface area contributed by atoms with E-state index >= 15 is 0 Å². The van der Waals surface area contributed by atoms with E-state index in [9.17, 15) is 9.59 Å². The topological polar surface area (TPSA) is 96.3 Å². The molecule has 0 saturated heterocycles. The molecule has 0 aromatic carbocycles. The lowest BCUT2D eigenvalue weighted by molar-refractivity contribution is 0.0691. The van der Waals surface area contributed by atoms with Gasteiger partial charge in [-0.1, -0.05) is 6.92 Å². The van der Waals surface area contributed by atoms with E-state index in [4.69, 9.17) is 5.11 Å². The van der Waals surface area contributed by atoms with Crippen molar-refractivity contribution < 1.29 is 14.7 Å². The fourth-order valence-electron chi connectivity index (χ4n) is 1.27. The number of carbonyl (C=O) groups is 2. The van der Waals surface area contributed by atoms with Gasteiger partial charge in [0, 0.05) is 31.1 Å². The summed E-state index contributed by atoms with van der Waals surface area (Å²) in [5.41, 5.74) is -0.00162. The van der Waals surface area contributed by atoms with Crippen LogP contribution in [0.2, 0.25) is 0 Å². The van der Waals surface area contributed by atoms with Crippen molar-refractivity contribution in [2.75, 3.05) is 19.3 Å². The Morgan fingerprint density at radius 3 is 2.84 bits per heavy atom. The number of hydrogen-bond acceptors (Lipinski definition) is 4. The molecule has 0 saturated carbocycles. The Labute approximate surface area is 115 Å². The first-order valence-electron chi connectivity index (χ1n) is 5.82. The smallest absolute Gasteiger partial charge is 0.356 e. The number of rotatable bonds is 7. The molecule has 0 fully saturated rings. The van der Waals surface area contributed by atoms with Crippen LogP contribution in [0.1, 0.15) is 17.4 Å². The van der Waals surface area contributed by atoms with Crippen molar-refractivity contribution in [2.45, 2.75) is 18.7 Å². The molecule has 0 aliphatic rings. The van der Waals surface area contributed by atoms with Crippen LogP contribution in [0.3, 0.4) is 0 Å². The van der Waals surface area contributed by atoms with Crippen LogP contribution in [0.4, 0.5) is 4.79 Å². The maximum absolute atomic E-state index is 11.4. The molecule has 1 aromatic heterocycles. The van der Waals surface area contributed by atoms with Crippen LogP contribution in [0, 0.1) is 0 Å². The highest BCUT2D eigenvalue weighted by molar-refractivity contribution is 7.99. The molecule has 106 valence electrons. The molecule has 0 radical (unpaired) electrons. The van der Waals surface area contributed by atoms with E-state index in [1.54, 1.807) is 16.3 Å². The molecule has 0 spiro atoms. The third-order valence-corrected chi connectivity index (χ3v) is 3.43. The molecule has 0 aliphatic heterocycles. The maximum atomic E-state index is 11.4. The Hall–Kier alpha value is -1.70. The van der Waals surface area contributed by atoms with Crippen LogP contribution in [0.25, 0.3) is 0 Å². The molecular weight excluding hydrogens is 268 g/mol. The largest absolute Gasteiger partial charge is 0.476 e. The summed E-state index contributed by atoms with van der Waals surface area (Å²) in [4.78, 5) is 25.7. The van der Waals surface area contributed by atoms with E-state index in [0.717, 1.165) is 0 Å². The molecule has 1 unspecified atom stereocenters. The zero-order chi connectivity index (χ0) is 14.3. The molecule has 1 heterocycles. The highest BCUT2D eigenvalue weighted by Gasteiger charge is 2.06. The van der Waals surface area contributed by atoms with E-state index in [1.807, 2.05) is 13.2 Å². The van der Waals surface area contributed by atoms with Crippen molar-refractivity contribution in [2.24, 2.45) is 0 Å². The monoisotopic (exact) mass is 286 g/mol. The van der Waals surface area contributed by atoms with Crippen molar-refractivity contribution in [3.63, 3.8) is 0 Å². The first-order valence-corrected chi connectivity index (χ1v) is 7.11. The van der Waals surface area contributed by atoms with Crippen LogP contribution < -0.4 is 10.6 Å². The minimum absolute atomic E-state index is 0.00162. The molecule has 8 heteroatoms. The number of nitrogens with zero attached hydrogens (tertiary/aromatic N) is 2. The number of aromatic nitrogens is 2. The van der Waals surface area contributed by atoms with Gasteiger partial charge in [-0.15, -0.1) is 0 Å². The van der Waals surface area contributed by atoms with E-state index in [2.05, 4.69) is 15.6 Å². The number of amides is 2. The minimum Gasteiger partial charge on any atom is -0.476 e. The molecular formula is C11H18N4O3S. The quantitative estimate of drug-likeness (QED) is 0.683. The van der Waals surface area contributed by atoms with Gasteiger partial charge >= 0.3 is 12.0 Å². The summed E-state index contributed by atoms with van der Waals surface area (Å²) < 4.78 is 1.62. The standard InChI is InChI=1S/C11H18N4O3S/c1-8(19-2)5-13-11(18)12-3-4-15-6-9(10(16)17)14-7-15/h6-8H,3-5H2,1-2H3,(H,16,17)(H2,12,13,18). The number of imidazole rings is 1. The molecule has 19 heavy (non-hydrogen) atoms. The molecule has 0 bridgehead atoms. The summed E-state index contributed by atoms with van der Waals surface area (Å²) in [6.07, 6.45) is 4.85. The van der Waals surface area contributed by atoms with Crippen molar-refractivity contribution in [3.05, 3.63) is 18.2 Å². The predicted molar refractivity (Wildman–Crippen MR) is 73.6 cm³/mol. The average molecular weight is 286 g/mol. The number of urea groups is 1. The van der Waals surface area contributed by atoms with Crippen molar-refractivity contribution in [1.82, 2.24) is 20.2 Å². The summed E-state index contributed by atoms with van der Waals surface area (Å²) in [5.74, 6) is -1.06. The Balaban J connectivity index is 2.22. The number of hydrogen-bond donors (Lipinski definition) is 3. The Morgan fingerprint density at radius 2 is 2.26 bits per heavy atom. The van der Waals surface area contributed by atoms with Crippen LogP contribution in [0.5, 0.6) is 0 Å². The minimum atomic E-state index is -1.06. The second-order valence-electron chi connectivity index (χ2n) is 3.99. The number of aromatic carboxylic acids is 1. The lowest BCUT2D eigenvalue weighted by Crippen LogP contribution is -2.39. The summed E-state index contributed by atoms with van der Waals surface area (Å²) in [7, 11) is 0. The third kappa shape index (κ3) is 5.64. The van der Waals surface area contributed by atoms with E-state index in [-0.39, 0.29) is 11.7 Å². The summed E-state index contributed by atoms with van der Waals surface area (Å²) in [5, 5.41) is 14.5. The lowest BCUT2D eigenvalue weighted by Gasteiger charge is -2.11. The van der Waals surface area contributed by atoms with E-state index in [0.29, 0.717) is 24.9 Å². The van der Waals surface area contributed by atoms with Gasteiger partial charge in [-0.25, -0.2) is 14.6 Å². The molecule has 7 nitrogen and oxygen atoms in total. The van der Waals surface area contributed by atoms with E-state index < -0.39 is 5.97 Å². The van der Waals surface area contributed by atoms with Gasteiger partial charge in [0.05, 0.1) is 6.33 Å². The number of nitrogens with one attached hydrogen (secondary N) is 2. The van der Waals surface area contributed by atoms with Gasteiger partial charge in [0.25, 0.3) is 0 Å². The molecule has 1 rings (SSSR count).